The van der Waals surface area contributed by atoms with E-state index in [9.17, 15) is 4.79 Å². The van der Waals surface area contributed by atoms with Crippen LogP contribution in [0.5, 0.6) is 0 Å². The SMILES string of the molecule is CN1CCN(C(=O)CC2CC3CCC2C3)c2nc3ccccc3nc21. The highest BCUT2D eigenvalue weighted by Gasteiger charge is 2.41. The molecule has 1 amide bonds. The van der Waals surface area contributed by atoms with Gasteiger partial charge in [-0.15, -0.1) is 0 Å². The fraction of sp³-hybridized carbons (Fsp3) is 0.550. The Kier molecular flexibility index (Phi) is 3.43. The van der Waals surface area contributed by atoms with E-state index in [0.29, 0.717) is 18.9 Å². The Labute approximate surface area is 148 Å². The van der Waals surface area contributed by atoms with Crippen molar-refractivity contribution in [2.24, 2.45) is 17.8 Å². The monoisotopic (exact) mass is 336 g/mol. The van der Waals surface area contributed by atoms with E-state index < -0.39 is 0 Å². The zero-order valence-electron chi connectivity index (χ0n) is 14.7. The van der Waals surface area contributed by atoms with Gasteiger partial charge in [0.05, 0.1) is 11.0 Å². The molecule has 2 aromatic rings. The molecule has 130 valence electrons. The van der Waals surface area contributed by atoms with Gasteiger partial charge in [-0.3, -0.25) is 9.69 Å². The molecule has 3 unspecified atom stereocenters. The molecule has 5 rings (SSSR count). The summed E-state index contributed by atoms with van der Waals surface area (Å²) in [5, 5.41) is 0. The second-order valence-electron chi connectivity index (χ2n) is 7.97. The lowest BCUT2D eigenvalue weighted by molar-refractivity contribution is -0.119. The standard InChI is InChI=1S/C20H24N4O/c1-23-8-9-24(18(25)12-15-11-13-6-7-14(15)10-13)20-19(23)21-16-4-2-3-5-17(16)22-20/h2-5,13-15H,6-12H2,1H3. The second-order valence-corrected chi connectivity index (χ2v) is 7.97. The number of anilines is 2. The maximum Gasteiger partial charge on any atom is 0.228 e. The molecule has 2 fully saturated rings. The molecule has 1 aromatic carbocycles. The highest BCUT2D eigenvalue weighted by molar-refractivity contribution is 5.97. The summed E-state index contributed by atoms with van der Waals surface area (Å²) in [7, 11) is 2.03. The lowest BCUT2D eigenvalue weighted by Gasteiger charge is -2.34. The zero-order valence-corrected chi connectivity index (χ0v) is 14.7. The third-order valence-electron chi connectivity index (χ3n) is 6.43. The maximum atomic E-state index is 13.1. The summed E-state index contributed by atoms with van der Waals surface area (Å²) in [4.78, 5) is 26.6. The molecule has 0 saturated heterocycles. The van der Waals surface area contributed by atoms with Crippen molar-refractivity contribution in [1.82, 2.24) is 9.97 Å². The van der Waals surface area contributed by atoms with Crippen molar-refractivity contribution in [3.05, 3.63) is 24.3 Å². The Balaban J connectivity index is 1.45. The van der Waals surface area contributed by atoms with Gasteiger partial charge in [0.25, 0.3) is 0 Å². The van der Waals surface area contributed by atoms with E-state index in [-0.39, 0.29) is 5.91 Å². The minimum absolute atomic E-state index is 0.233. The second kappa shape index (κ2) is 5.68. The summed E-state index contributed by atoms with van der Waals surface area (Å²) < 4.78 is 0. The molecule has 2 bridgehead atoms. The number of hydrogen-bond donors (Lipinski definition) is 0. The van der Waals surface area contributed by atoms with Crippen molar-refractivity contribution in [1.29, 1.82) is 0 Å². The van der Waals surface area contributed by atoms with E-state index in [2.05, 4.69) is 4.90 Å². The molecule has 3 aliphatic rings. The predicted octanol–water partition coefficient (Wildman–Crippen LogP) is 3.24. The Bertz CT molecular complexity index is 836. The van der Waals surface area contributed by atoms with Crippen LogP contribution in [0.15, 0.2) is 24.3 Å². The van der Waals surface area contributed by atoms with Crippen molar-refractivity contribution in [3.63, 3.8) is 0 Å². The van der Waals surface area contributed by atoms with Crippen molar-refractivity contribution in [2.75, 3.05) is 29.9 Å². The van der Waals surface area contributed by atoms with Crippen molar-refractivity contribution in [3.8, 4) is 0 Å². The van der Waals surface area contributed by atoms with Crippen LogP contribution >= 0.6 is 0 Å². The summed E-state index contributed by atoms with van der Waals surface area (Å²) in [5.74, 6) is 4.04. The number of hydrogen-bond acceptors (Lipinski definition) is 4. The molecule has 5 heteroatoms. The van der Waals surface area contributed by atoms with Gasteiger partial charge in [0.15, 0.2) is 11.6 Å². The number of benzene rings is 1. The van der Waals surface area contributed by atoms with E-state index in [0.717, 1.165) is 41.0 Å². The first kappa shape index (κ1) is 15.1. The summed E-state index contributed by atoms with van der Waals surface area (Å²) in [6.07, 6.45) is 5.98. The molecule has 5 nitrogen and oxygen atoms in total. The molecule has 2 saturated carbocycles. The van der Waals surface area contributed by atoms with Gasteiger partial charge in [0, 0.05) is 26.6 Å². The number of para-hydroxylation sites is 2. The normalized spacial score (nSPS) is 27.8. The van der Waals surface area contributed by atoms with Crippen molar-refractivity contribution >= 4 is 28.6 Å². The van der Waals surface area contributed by atoms with Crippen LogP contribution in [-0.2, 0) is 4.79 Å². The van der Waals surface area contributed by atoms with E-state index in [4.69, 9.17) is 9.97 Å². The Morgan fingerprint density at radius 3 is 2.52 bits per heavy atom. The number of aromatic nitrogens is 2. The fourth-order valence-corrected chi connectivity index (χ4v) is 5.08. The molecule has 25 heavy (non-hydrogen) atoms. The first-order valence-electron chi connectivity index (χ1n) is 9.47. The lowest BCUT2D eigenvalue weighted by atomic mass is 9.86. The smallest absolute Gasteiger partial charge is 0.228 e. The molecule has 0 N–H and O–H groups in total. The average molecular weight is 336 g/mol. The van der Waals surface area contributed by atoms with Crippen LogP contribution < -0.4 is 9.80 Å². The van der Waals surface area contributed by atoms with Crippen LogP contribution in [0.1, 0.15) is 32.1 Å². The van der Waals surface area contributed by atoms with Crippen molar-refractivity contribution < 1.29 is 4.79 Å². The third kappa shape index (κ3) is 2.48. The zero-order chi connectivity index (χ0) is 17.0. The Hall–Kier alpha value is -2.17. The van der Waals surface area contributed by atoms with Gasteiger partial charge >= 0.3 is 0 Å². The molecular formula is C20H24N4O. The molecular weight excluding hydrogens is 312 g/mol. The molecule has 0 radical (unpaired) electrons. The average Bonchev–Trinajstić information content (AvgIpc) is 3.23. The number of likely N-dealkylation sites (N-methyl/N-ethyl adjacent to an activating group) is 1. The first-order valence-corrected chi connectivity index (χ1v) is 9.47. The van der Waals surface area contributed by atoms with Crippen LogP contribution in [0.25, 0.3) is 11.0 Å². The summed E-state index contributed by atoms with van der Waals surface area (Å²) in [5.41, 5.74) is 1.74. The number of amides is 1. The fourth-order valence-electron chi connectivity index (χ4n) is 5.08. The molecule has 2 heterocycles. The van der Waals surface area contributed by atoms with E-state index in [1.807, 2.05) is 36.2 Å². The summed E-state index contributed by atoms with van der Waals surface area (Å²) in [6, 6.07) is 7.89. The van der Waals surface area contributed by atoms with Gasteiger partial charge in [-0.2, -0.15) is 0 Å². The van der Waals surface area contributed by atoms with Gasteiger partial charge in [0.2, 0.25) is 5.91 Å². The third-order valence-corrected chi connectivity index (χ3v) is 6.43. The Morgan fingerprint density at radius 1 is 1.08 bits per heavy atom. The topological polar surface area (TPSA) is 49.3 Å². The minimum atomic E-state index is 0.233. The number of carbonyl (C=O) groups is 1. The number of fused-ring (bicyclic) bond motifs is 4. The van der Waals surface area contributed by atoms with Gasteiger partial charge in [0.1, 0.15) is 0 Å². The molecule has 3 atom stereocenters. The number of carbonyl (C=O) groups excluding carboxylic acids is 1. The van der Waals surface area contributed by atoms with E-state index >= 15 is 0 Å². The highest BCUT2D eigenvalue weighted by Crippen LogP contribution is 2.49. The van der Waals surface area contributed by atoms with Gasteiger partial charge in [-0.25, -0.2) is 9.97 Å². The van der Waals surface area contributed by atoms with Crippen LogP contribution in [-0.4, -0.2) is 36.0 Å². The van der Waals surface area contributed by atoms with Crippen LogP contribution in [0.4, 0.5) is 11.6 Å². The number of rotatable bonds is 2. The quantitative estimate of drug-likeness (QED) is 0.845. The van der Waals surface area contributed by atoms with Gasteiger partial charge in [-0.05, 0) is 49.1 Å². The maximum absolute atomic E-state index is 13.1. The van der Waals surface area contributed by atoms with Crippen molar-refractivity contribution in [2.45, 2.75) is 32.1 Å². The Morgan fingerprint density at radius 2 is 1.84 bits per heavy atom. The lowest BCUT2D eigenvalue weighted by Crippen LogP contribution is -2.44. The van der Waals surface area contributed by atoms with Crippen LogP contribution in [0, 0.1) is 17.8 Å². The number of nitrogens with zero attached hydrogens (tertiary/aromatic N) is 4. The van der Waals surface area contributed by atoms with Crippen LogP contribution in [0.2, 0.25) is 0 Å². The summed E-state index contributed by atoms with van der Waals surface area (Å²) in [6.45, 7) is 1.51. The molecule has 0 spiro atoms. The van der Waals surface area contributed by atoms with E-state index in [1.54, 1.807) is 0 Å². The van der Waals surface area contributed by atoms with Gasteiger partial charge < -0.3 is 4.90 Å². The highest BCUT2D eigenvalue weighted by atomic mass is 16.2. The molecule has 1 aromatic heterocycles. The van der Waals surface area contributed by atoms with Gasteiger partial charge in [-0.1, -0.05) is 18.6 Å². The molecule has 1 aliphatic heterocycles. The largest absolute Gasteiger partial charge is 0.355 e. The summed E-state index contributed by atoms with van der Waals surface area (Å²) >= 11 is 0. The predicted molar refractivity (Wildman–Crippen MR) is 98.7 cm³/mol. The first-order chi connectivity index (χ1) is 12.2. The minimum Gasteiger partial charge on any atom is -0.355 e. The van der Waals surface area contributed by atoms with Crippen LogP contribution in [0.3, 0.4) is 0 Å². The molecule has 2 aliphatic carbocycles. The van der Waals surface area contributed by atoms with E-state index in [1.165, 1.54) is 25.7 Å².